The number of aliphatic hydroxyl groups excluding tert-OH is 1. The molecule has 7 nitrogen and oxygen atoms in total. The number of hydrogen-bond acceptors (Lipinski definition) is 7. The molecule has 2 heterocycles. The Morgan fingerprint density at radius 3 is 2.81 bits per heavy atom. The third kappa shape index (κ3) is 3.81. The number of nitrogens with zero attached hydrogens (tertiary/aromatic N) is 3. The summed E-state index contributed by atoms with van der Waals surface area (Å²) in [6, 6.07) is 1.95. The fourth-order valence-electron chi connectivity index (χ4n) is 2.78. The van der Waals surface area contributed by atoms with Crippen LogP contribution in [0, 0.1) is 0 Å². The summed E-state index contributed by atoms with van der Waals surface area (Å²) in [4.78, 5) is 10.9. The van der Waals surface area contributed by atoms with E-state index in [0.29, 0.717) is 11.9 Å². The van der Waals surface area contributed by atoms with Crippen LogP contribution in [0.3, 0.4) is 0 Å². The first kappa shape index (κ1) is 14.5. The molecule has 0 spiro atoms. The van der Waals surface area contributed by atoms with Gasteiger partial charge in [-0.3, -0.25) is 4.90 Å². The Kier molecular flexibility index (Phi) is 4.52. The van der Waals surface area contributed by atoms with E-state index >= 15 is 0 Å². The summed E-state index contributed by atoms with van der Waals surface area (Å²) in [7, 11) is 0. The van der Waals surface area contributed by atoms with Crippen molar-refractivity contribution in [2.45, 2.75) is 24.9 Å². The molecule has 0 atom stereocenters. The lowest BCUT2D eigenvalue weighted by molar-refractivity contribution is 0.0398. The van der Waals surface area contributed by atoms with Gasteiger partial charge in [-0.15, -0.1) is 0 Å². The van der Waals surface area contributed by atoms with E-state index in [-0.39, 0.29) is 6.10 Å². The van der Waals surface area contributed by atoms with Crippen LogP contribution in [0.2, 0.25) is 0 Å². The molecule has 2 aliphatic rings. The molecule has 21 heavy (non-hydrogen) atoms. The van der Waals surface area contributed by atoms with E-state index in [0.717, 1.165) is 63.7 Å². The van der Waals surface area contributed by atoms with Crippen molar-refractivity contribution in [3.63, 3.8) is 0 Å². The molecule has 2 fully saturated rings. The van der Waals surface area contributed by atoms with E-state index < -0.39 is 0 Å². The van der Waals surface area contributed by atoms with E-state index in [1.165, 1.54) is 0 Å². The zero-order valence-corrected chi connectivity index (χ0v) is 12.2. The molecule has 3 rings (SSSR count). The van der Waals surface area contributed by atoms with Crippen LogP contribution >= 0.6 is 0 Å². The monoisotopic (exact) mass is 293 g/mol. The molecular formula is C14H23N5O2. The smallest absolute Gasteiger partial charge is 0.222 e. The molecule has 7 heteroatoms. The molecule has 0 aromatic carbocycles. The van der Waals surface area contributed by atoms with Gasteiger partial charge in [0.1, 0.15) is 5.82 Å². The Labute approximate surface area is 124 Å². The molecule has 1 aliphatic heterocycles. The quantitative estimate of drug-likeness (QED) is 0.705. The lowest BCUT2D eigenvalue weighted by atomic mass is 9.80. The van der Waals surface area contributed by atoms with Crippen LogP contribution in [0.1, 0.15) is 24.5 Å². The highest BCUT2D eigenvalue weighted by atomic mass is 16.5. The number of hydrogen-bond donors (Lipinski definition) is 3. The Morgan fingerprint density at radius 2 is 2.10 bits per heavy atom. The molecule has 1 saturated carbocycles. The Balaban J connectivity index is 1.52. The molecule has 116 valence electrons. The zero-order valence-electron chi connectivity index (χ0n) is 12.2. The number of morpholine rings is 1. The molecule has 1 aliphatic carbocycles. The molecule has 1 aromatic rings. The Bertz CT molecular complexity index is 472. The van der Waals surface area contributed by atoms with Gasteiger partial charge in [-0.05, 0) is 12.8 Å². The van der Waals surface area contributed by atoms with Gasteiger partial charge in [-0.25, -0.2) is 4.98 Å². The summed E-state index contributed by atoms with van der Waals surface area (Å²) >= 11 is 0. The van der Waals surface area contributed by atoms with Gasteiger partial charge in [-0.2, -0.15) is 4.98 Å². The number of anilines is 2. The zero-order chi connectivity index (χ0) is 14.7. The highest BCUT2D eigenvalue weighted by Crippen LogP contribution is 2.36. The first-order chi connectivity index (χ1) is 10.2. The van der Waals surface area contributed by atoms with Crippen molar-refractivity contribution in [3.8, 4) is 0 Å². The second-order valence-corrected chi connectivity index (χ2v) is 5.74. The van der Waals surface area contributed by atoms with Crippen LogP contribution in [0.25, 0.3) is 0 Å². The molecule has 0 unspecified atom stereocenters. The first-order valence-electron chi connectivity index (χ1n) is 7.57. The predicted octanol–water partition coefficient (Wildman–Crippen LogP) is 0.0412. The number of ether oxygens (including phenoxy) is 1. The fraction of sp³-hybridized carbons (Fsp3) is 0.714. The number of aromatic nitrogens is 2. The van der Waals surface area contributed by atoms with Gasteiger partial charge in [0, 0.05) is 38.2 Å². The van der Waals surface area contributed by atoms with E-state index in [4.69, 9.17) is 10.5 Å². The molecule has 0 bridgehead atoms. The maximum atomic E-state index is 9.40. The summed E-state index contributed by atoms with van der Waals surface area (Å²) in [5.41, 5.74) is 6.71. The standard InChI is InChI=1S/C14H23N5O2/c15-14-17-12(10-7-11(20)8-10)9-13(18-14)16-1-2-19-3-5-21-6-4-19/h9-11,20H,1-8H2,(H3,15,16,17,18). The van der Waals surface area contributed by atoms with Gasteiger partial charge in [-0.1, -0.05) is 0 Å². The highest BCUT2D eigenvalue weighted by Gasteiger charge is 2.30. The highest BCUT2D eigenvalue weighted by molar-refractivity contribution is 5.42. The fourth-order valence-corrected chi connectivity index (χ4v) is 2.78. The lowest BCUT2D eigenvalue weighted by Gasteiger charge is -2.31. The van der Waals surface area contributed by atoms with E-state index in [1.807, 2.05) is 6.07 Å². The minimum Gasteiger partial charge on any atom is -0.393 e. The van der Waals surface area contributed by atoms with Crippen molar-refractivity contribution in [3.05, 3.63) is 11.8 Å². The third-order valence-electron chi connectivity index (χ3n) is 4.13. The Hall–Kier alpha value is -1.44. The summed E-state index contributed by atoms with van der Waals surface area (Å²) in [5, 5.41) is 12.7. The third-order valence-corrected chi connectivity index (χ3v) is 4.13. The molecule has 1 saturated heterocycles. The van der Waals surface area contributed by atoms with Gasteiger partial charge in [0.15, 0.2) is 0 Å². The van der Waals surface area contributed by atoms with Crippen molar-refractivity contribution >= 4 is 11.8 Å². The average Bonchev–Trinajstić information content (AvgIpc) is 2.44. The van der Waals surface area contributed by atoms with Gasteiger partial charge >= 0.3 is 0 Å². The summed E-state index contributed by atoms with van der Waals surface area (Å²) < 4.78 is 5.33. The van der Waals surface area contributed by atoms with Gasteiger partial charge in [0.25, 0.3) is 0 Å². The minimum atomic E-state index is -0.191. The summed E-state index contributed by atoms with van der Waals surface area (Å²) in [5.74, 6) is 1.38. The molecule has 4 N–H and O–H groups in total. The van der Waals surface area contributed by atoms with Crippen LogP contribution in [0.5, 0.6) is 0 Å². The molecule has 1 aromatic heterocycles. The van der Waals surface area contributed by atoms with Crippen LogP contribution in [0.15, 0.2) is 6.07 Å². The second-order valence-electron chi connectivity index (χ2n) is 5.74. The van der Waals surface area contributed by atoms with E-state index in [9.17, 15) is 5.11 Å². The largest absolute Gasteiger partial charge is 0.393 e. The predicted molar refractivity (Wildman–Crippen MR) is 80.2 cm³/mol. The van der Waals surface area contributed by atoms with E-state index in [1.54, 1.807) is 0 Å². The number of nitrogens with one attached hydrogen (secondary N) is 1. The van der Waals surface area contributed by atoms with Crippen LogP contribution in [-0.4, -0.2) is 65.5 Å². The summed E-state index contributed by atoms with van der Waals surface area (Å²) in [6.45, 7) is 5.38. The maximum Gasteiger partial charge on any atom is 0.222 e. The number of rotatable bonds is 5. The molecule has 0 amide bonds. The van der Waals surface area contributed by atoms with Crippen molar-refractivity contribution < 1.29 is 9.84 Å². The SMILES string of the molecule is Nc1nc(NCCN2CCOCC2)cc(C2CC(O)C2)n1. The molecular weight excluding hydrogens is 270 g/mol. The van der Waals surface area contributed by atoms with Crippen LogP contribution in [-0.2, 0) is 4.74 Å². The van der Waals surface area contributed by atoms with Gasteiger partial charge < -0.3 is 20.9 Å². The minimum absolute atomic E-state index is 0.191. The molecule has 0 radical (unpaired) electrons. The van der Waals surface area contributed by atoms with Gasteiger partial charge in [0.2, 0.25) is 5.95 Å². The van der Waals surface area contributed by atoms with Crippen molar-refractivity contribution in [2.75, 3.05) is 50.4 Å². The summed E-state index contributed by atoms with van der Waals surface area (Å²) in [6.07, 6.45) is 1.34. The Morgan fingerprint density at radius 1 is 1.33 bits per heavy atom. The van der Waals surface area contributed by atoms with Crippen molar-refractivity contribution in [1.82, 2.24) is 14.9 Å². The van der Waals surface area contributed by atoms with Gasteiger partial charge in [0.05, 0.1) is 25.0 Å². The second kappa shape index (κ2) is 6.55. The lowest BCUT2D eigenvalue weighted by Crippen LogP contribution is -2.39. The first-order valence-corrected chi connectivity index (χ1v) is 7.57. The maximum absolute atomic E-state index is 9.40. The van der Waals surface area contributed by atoms with Crippen molar-refractivity contribution in [1.29, 1.82) is 0 Å². The number of nitrogen functional groups attached to an aromatic ring is 1. The average molecular weight is 293 g/mol. The number of nitrogens with two attached hydrogens (primary N) is 1. The van der Waals surface area contributed by atoms with E-state index in [2.05, 4.69) is 20.2 Å². The van der Waals surface area contributed by atoms with Crippen LogP contribution in [0.4, 0.5) is 11.8 Å². The van der Waals surface area contributed by atoms with Crippen LogP contribution < -0.4 is 11.1 Å². The van der Waals surface area contributed by atoms with Crippen molar-refractivity contribution in [2.24, 2.45) is 0 Å². The topological polar surface area (TPSA) is 96.5 Å². The number of aliphatic hydroxyl groups is 1. The normalized spacial score (nSPS) is 26.3.